The number of aromatic nitrogens is 2. The number of benzene rings is 1. The molecule has 0 unspecified atom stereocenters. The van der Waals surface area contributed by atoms with E-state index in [0.717, 1.165) is 27.8 Å². The minimum atomic E-state index is 0.759. The van der Waals surface area contributed by atoms with Crippen LogP contribution in [0.2, 0.25) is 0 Å². The second-order valence-electron chi connectivity index (χ2n) is 3.99. The molecule has 0 saturated carbocycles. The van der Waals surface area contributed by atoms with Crippen molar-refractivity contribution in [2.75, 3.05) is 7.11 Å². The van der Waals surface area contributed by atoms with Crippen LogP contribution in [0.15, 0.2) is 55.0 Å². The summed E-state index contributed by atoms with van der Waals surface area (Å²) in [6.07, 6.45) is 5.33. The van der Waals surface area contributed by atoms with Crippen LogP contribution in [0, 0.1) is 0 Å². The van der Waals surface area contributed by atoms with Gasteiger partial charge in [-0.15, -0.1) is 0 Å². The third kappa shape index (κ3) is 1.80. The number of hydrogen-bond donors (Lipinski definition) is 0. The van der Waals surface area contributed by atoms with E-state index in [1.807, 2.05) is 30.5 Å². The van der Waals surface area contributed by atoms with Crippen LogP contribution in [-0.2, 0) is 0 Å². The molecule has 0 aliphatic heterocycles. The number of para-hydroxylation sites is 1. The van der Waals surface area contributed by atoms with Crippen LogP contribution in [0.1, 0.15) is 0 Å². The SMILES string of the molecule is COc1cnccc1-c1cnc2ccccc2c1. The summed E-state index contributed by atoms with van der Waals surface area (Å²) in [6, 6.07) is 12.1. The zero-order chi connectivity index (χ0) is 12.4. The standard InChI is InChI=1S/C15H12N2O/c1-18-15-10-16-7-6-13(15)12-8-11-4-2-3-5-14(11)17-9-12/h2-10H,1H3. The van der Waals surface area contributed by atoms with Crippen LogP contribution >= 0.6 is 0 Å². The lowest BCUT2D eigenvalue weighted by molar-refractivity contribution is 0.414. The first-order valence-electron chi connectivity index (χ1n) is 5.71. The van der Waals surface area contributed by atoms with E-state index in [1.165, 1.54) is 0 Å². The number of rotatable bonds is 2. The summed E-state index contributed by atoms with van der Waals surface area (Å²) in [4.78, 5) is 8.52. The first kappa shape index (κ1) is 10.7. The molecule has 3 nitrogen and oxygen atoms in total. The average molecular weight is 236 g/mol. The van der Waals surface area contributed by atoms with Crippen molar-refractivity contribution in [1.29, 1.82) is 0 Å². The molecule has 0 spiro atoms. The highest BCUT2D eigenvalue weighted by Crippen LogP contribution is 2.29. The predicted octanol–water partition coefficient (Wildman–Crippen LogP) is 3.31. The Labute approximate surface area is 105 Å². The van der Waals surface area contributed by atoms with Crippen LogP contribution in [-0.4, -0.2) is 17.1 Å². The molecule has 18 heavy (non-hydrogen) atoms. The van der Waals surface area contributed by atoms with Crippen molar-refractivity contribution in [3.63, 3.8) is 0 Å². The smallest absolute Gasteiger partial charge is 0.145 e. The number of fused-ring (bicyclic) bond motifs is 1. The van der Waals surface area contributed by atoms with Crippen LogP contribution in [0.5, 0.6) is 5.75 Å². The van der Waals surface area contributed by atoms with Crippen molar-refractivity contribution in [1.82, 2.24) is 9.97 Å². The lowest BCUT2D eigenvalue weighted by atomic mass is 10.1. The largest absolute Gasteiger partial charge is 0.494 e. The molecule has 2 heterocycles. The Balaban J connectivity index is 2.19. The molecular weight excluding hydrogens is 224 g/mol. The molecule has 3 heteroatoms. The number of pyridine rings is 2. The Bertz CT molecular complexity index is 695. The quantitative estimate of drug-likeness (QED) is 0.684. The predicted molar refractivity (Wildman–Crippen MR) is 71.5 cm³/mol. The number of methoxy groups -OCH3 is 1. The van der Waals surface area contributed by atoms with Crippen LogP contribution < -0.4 is 4.74 Å². The molecule has 0 aliphatic carbocycles. The highest BCUT2D eigenvalue weighted by atomic mass is 16.5. The van der Waals surface area contributed by atoms with Gasteiger partial charge in [-0.05, 0) is 18.2 Å². The van der Waals surface area contributed by atoms with E-state index in [-0.39, 0.29) is 0 Å². The summed E-state index contributed by atoms with van der Waals surface area (Å²) >= 11 is 0. The molecule has 0 atom stereocenters. The van der Waals surface area contributed by atoms with Gasteiger partial charge in [0.2, 0.25) is 0 Å². The van der Waals surface area contributed by atoms with Crippen molar-refractivity contribution in [2.45, 2.75) is 0 Å². The molecule has 0 bridgehead atoms. The highest BCUT2D eigenvalue weighted by Gasteiger charge is 2.06. The van der Waals surface area contributed by atoms with Gasteiger partial charge < -0.3 is 4.74 Å². The van der Waals surface area contributed by atoms with Gasteiger partial charge in [0.1, 0.15) is 5.75 Å². The van der Waals surface area contributed by atoms with E-state index in [0.29, 0.717) is 0 Å². The van der Waals surface area contributed by atoms with Gasteiger partial charge in [0.25, 0.3) is 0 Å². The van der Waals surface area contributed by atoms with E-state index < -0.39 is 0 Å². The van der Waals surface area contributed by atoms with E-state index in [2.05, 4.69) is 22.1 Å². The summed E-state index contributed by atoms with van der Waals surface area (Å²) in [5, 5.41) is 1.12. The molecule has 1 aromatic carbocycles. The molecule has 0 radical (unpaired) electrons. The zero-order valence-electron chi connectivity index (χ0n) is 10.00. The molecule has 0 fully saturated rings. The third-order valence-corrected chi connectivity index (χ3v) is 2.91. The lowest BCUT2D eigenvalue weighted by Gasteiger charge is -2.08. The Morgan fingerprint density at radius 2 is 1.94 bits per heavy atom. The minimum Gasteiger partial charge on any atom is -0.494 e. The minimum absolute atomic E-state index is 0.759. The average Bonchev–Trinajstić information content (AvgIpc) is 2.46. The van der Waals surface area contributed by atoms with E-state index in [9.17, 15) is 0 Å². The second-order valence-corrected chi connectivity index (χ2v) is 3.99. The van der Waals surface area contributed by atoms with E-state index in [4.69, 9.17) is 4.74 Å². The maximum atomic E-state index is 5.32. The van der Waals surface area contributed by atoms with Crippen molar-refractivity contribution in [3.05, 3.63) is 55.0 Å². The molecule has 0 aliphatic rings. The fourth-order valence-electron chi connectivity index (χ4n) is 2.00. The summed E-state index contributed by atoms with van der Waals surface area (Å²) in [6.45, 7) is 0. The summed E-state index contributed by atoms with van der Waals surface area (Å²) in [5.41, 5.74) is 3.04. The molecule has 3 rings (SSSR count). The Morgan fingerprint density at radius 1 is 1.06 bits per heavy atom. The topological polar surface area (TPSA) is 35.0 Å². The fourth-order valence-corrected chi connectivity index (χ4v) is 2.00. The summed E-state index contributed by atoms with van der Waals surface area (Å²) < 4.78 is 5.32. The van der Waals surface area contributed by atoms with Gasteiger partial charge in [-0.3, -0.25) is 9.97 Å². The van der Waals surface area contributed by atoms with Gasteiger partial charge in [-0.1, -0.05) is 18.2 Å². The van der Waals surface area contributed by atoms with Gasteiger partial charge in [0.15, 0.2) is 0 Å². The Morgan fingerprint density at radius 3 is 2.83 bits per heavy atom. The van der Waals surface area contributed by atoms with Crippen molar-refractivity contribution in [3.8, 4) is 16.9 Å². The van der Waals surface area contributed by atoms with Crippen molar-refractivity contribution < 1.29 is 4.74 Å². The Kier molecular flexibility index (Phi) is 2.65. The van der Waals surface area contributed by atoms with Crippen molar-refractivity contribution in [2.24, 2.45) is 0 Å². The normalized spacial score (nSPS) is 10.5. The molecular formula is C15H12N2O. The van der Waals surface area contributed by atoms with Crippen molar-refractivity contribution >= 4 is 10.9 Å². The fraction of sp³-hybridized carbons (Fsp3) is 0.0667. The first-order chi connectivity index (χ1) is 8.88. The van der Waals surface area contributed by atoms with E-state index in [1.54, 1.807) is 19.5 Å². The molecule has 2 aromatic heterocycles. The molecule has 0 N–H and O–H groups in total. The number of ether oxygens (including phenoxy) is 1. The number of hydrogen-bond acceptors (Lipinski definition) is 3. The number of nitrogens with zero attached hydrogens (tertiary/aromatic N) is 2. The monoisotopic (exact) mass is 236 g/mol. The third-order valence-electron chi connectivity index (χ3n) is 2.91. The second kappa shape index (κ2) is 4.45. The highest BCUT2D eigenvalue weighted by molar-refractivity contribution is 5.84. The van der Waals surface area contributed by atoms with Crippen LogP contribution in [0.4, 0.5) is 0 Å². The van der Waals surface area contributed by atoms with Gasteiger partial charge in [-0.25, -0.2) is 0 Å². The zero-order valence-corrected chi connectivity index (χ0v) is 10.00. The first-order valence-corrected chi connectivity index (χ1v) is 5.71. The molecule has 3 aromatic rings. The Hall–Kier alpha value is -2.42. The summed E-state index contributed by atoms with van der Waals surface area (Å²) in [7, 11) is 1.65. The van der Waals surface area contributed by atoms with Crippen LogP contribution in [0.25, 0.3) is 22.0 Å². The van der Waals surface area contributed by atoms with E-state index >= 15 is 0 Å². The van der Waals surface area contributed by atoms with Gasteiger partial charge >= 0.3 is 0 Å². The van der Waals surface area contributed by atoms with Crippen LogP contribution in [0.3, 0.4) is 0 Å². The maximum Gasteiger partial charge on any atom is 0.145 e. The van der Waals surface area contributed by atoms with Gasteiger partial charge in [0.05, 0.1) is 18.8 Å². The molecule has 88 valence electrons. The maximum absolute atomic E-state index is 5.32. The summed E-state index contributed by atoms with van der Waals surface area (Å²) in [5.74, 6) is 0.759. The van der Waals surface area contributed by atoms with Gasteiger partial charge in [-0.2, -0.15) is 0 Å². The lowest BCUT2D eigenvalue weighted by Crippen LogP contribution is -1.89. The van der Waals surface area contributed by atoms with Gasteiger partial charge in [0, 0.05) is 28.9 Å². The molecule has 0 amide bonds. The molecule has 0 saturated heterocycles.